The molecule has 1 heteroatoms. The SMILES string of the molecule is [CH2]C(CBr)CCC. The van der Waals surface area contributed by atoms with E-state index in [1.165, 1.54) is 12.8 Å². The van der Waals surface area contributed by atoms with Crippen molar-refractivity contribution in [2.75, 3.05) is 5.33 Å². The Hall–Kier alpha value is 0.480. The van der Waals surface area contributed by atoms with Crippen LogP contribution < -0.4 is 0 Å². The minimum atomic E-state index is 0.616. The molecule has 0 aliphatic carbocycles. The molecule has 0 aromatic rings. The first-order valence-corrected chi connectivity index (χ1v) is 3.82. The Labute approximate surface area is 54.4 Å². The molecule has 1 radical (unpaired) electrons. The Kier molecular flexibility index (Phi) is 4.95. The Morgan fingerprint density at radius 1 is 1.71 bits per heavy atom. The lowest BCUT2D eigenvalue weighted by molar-refractivity contribution is 0.643. The van der Waals surface area contributed by atoms with Crippen LogP contribution in [-0.2, 0) is 0 Å². The third-order valence-electron chi connectivity index (χ3n) is 0.915. The van der Waals surface area contributed by atoms with Crippen molar-refractivity contribution in [1.29, 1.82) is 0 Å². The molecule has 0 aromatic heterocycles. The van der Waals surface area contributed by atoms with Crippen molar-refractivity contribution in [3.8, 4) is 0 Å². The van der Waals surface area contributed by atoms with Crippen molar-refractivity contribution in [1.82, 2.24) is 0 Å². The van der Waals surface area contributed by atoms with Crippen LogP contribution in [0, 0.1) is 12.8 Å². The second-order valence-electron chi connectivity index (χ2n) is 1.81. The summed E-state index contributed by atoms with van der Waals surface area (Å²) in [7, 11) is 0. The van der Waals surface area contributed by atoms with Gasteiger partial charge in [-0.3, -0.25) is 0 Å². The fourth-order valence-corrected chi connectivity index (χ4v) is 0.809. The van der Waals surface area contributed by atoms with E-state index < -0.39 is 0 Å². The van der Waals surface area contributed by atoms with E-state index in [9.17, 15) is 0 Å². The first-order chi connectivity index (χ1) is 3.31. The maximum absolute atomic E-state index is 3.90. The van der Waals surface area contributed by atoms with Crippen LogP contribution in [0.3, 0.4) is 0 Å². The van der Waals surface area contributed by atoms with Crippen molar-refractivity contribution < 1.29 is 0 Å². The average Bonchev–Trinajstić information content (AvgIpc) is 1.68. The number of rotatable bonds is 3. The normalized spacial score (nSPS) is 14.1. The molecule has 7 heavy (non-hydrogen) atoms. The van der Waals surface area contributed by atoms with Crippen LogP contribution in [0.15, 0.2) is 0 Å². The van der Waals surface area contributed by atoms with Gasteiger partial charge in [-0.05, 0) is 19.3 Å². The largest absolute Gasteiger partial charge is 0.0925 e. The van der Waals surface area contributed by atoms with Gasteiger partial charge in [0.05, 0.1) is 0 Å². The Bertz CT molecular complexity index is 35.2. The lowest BCUT2D eigenvalue weighted by atomic mass is 10.1. The van der Waals surface area contributed by atoms with Crippen LogP contribution in [0.5, 0.6) is 0 Å². The van der Waals surface area contributed by atoms with Crippen LogP contribution >= 0.6 is 15.9 Å². The van der Waals surface area contributed by atoms with Crippen molar-refractivity contribution in [2.45, 2.75) is 19.8 Å². The van der Waals surface area contributed by atoms with Gasteiger partial charge in [0.1, 0.15) is 0 Å². The molecule has 0 amide bonds. The first-order valence-electron chi connectivity index (χ1n) is 2.70. The molecule has 0 N–H and O–H groups in total. The van der Waals surface area contributed by atoms with Gasteiger partial charge >= 0.3 is 0 Å². The summed E-state index contributed by atoms with van der Waals surface area (Å²) in [5.74, 6) is 0.616. The maximum atomic E-state index is 3.90. The van der Waals surface area contributed by atoms with Crippen LogP contribution in [0.1, 0.15) is 19.8 Å². The molecule has 0 aromatic carbocycles. The molecule has 0 saturated heterocycles. The molecule has 0 nitrogen and oxygen atoms in total. The molecule has 0 rings (SSSR count). The van der Waals surface area contributed by atoms with E-state index in [0.29, 0.717) is 5.92 Å². The molecule has 0 saturated carbocycles. The van der Waals surface area contributed by atoms with Crippen LogP contribution in [0.2, 0.25) is 0 Å². The first kappa shape index (κ1) is 7.48. The second-order valence-corrected chi connectivity index (χ2v) is 2.46. The molecule has 0 heterocycles. The summed E-state index contributed by atoms with van der Waals surface area (Å²) in [4.78, 5) is 0. The zero-order valence-electron chi connectivity index (χ0n) is 4.78. The summed E-state index contributed by atoms with van der Waals surface area (Å²) in [5, 5.41) is 1.04. The molecule has 43 valence electrons. The van der Waals surface area contributed by atoms with Crippen molar-refractivity contribution in [2.24, 2.45) is 5.92 Å². The minimum absolute atomic E-state index is 0.616. The highest BCUT2D eigenvalue weighted by Crippen LogP contribution is 2.06. The van der Waals surface area contributed by atoms with Gasteiger partial charge < -0.3 is 0 Å². The molecule has 1 atom stereocenters. The van der Waals surface area contributed by atoms with E-state index in [-0.39, 0.29) is 0 Å². The molecule has 1 unspecified atom stereocenters. The van der Waals surface area contributed by atoms with Gasteiger partial charge in [0, 0.05) is 5.33 Å². The van der Waals surface area contributed by atoms with Crippen molar-refractivity contribution in [3.63, 3.8) is 0 Å². The highest BCUT2D eigenvalue weighted by Gasteiger charge is 1.94. The van der Waals surface area contributed by atoms with Gasteiger partial charge in [-0.25, -0.2) is 0 Å². The Morgan fingerprint density at radius 2 is 2.29 bits per heavy atom. The standard InChI is InChI=1S/C6H12Br/c1-3-4-6(2)5-7/h6H,2-5H2,1H3. The summed E-state index contributed by atoms with van der Waals surface area (Å²) in [5.41, 5.74) is 0. The van der Waals surface area contributed by atoms with Crippen LogP contribution in [0.4, 0.5) is 0 Å². The lowest BCUT2D eigenvalue weighted by Gasteiger charge is -2.01. The molecular formula is C6H12Br. The molecule has 0 aliphatic heterocycles. The maximum Gasteiger partial charge on any atom is 0.00596 e. The van der Waals surface area contributed by atoms with Gasteiger partial charge in [-0.2, -0.15) is 0 Å². The smallest absolute Gasteiger partial charge is 0.00596 e. The van der Waals surface area contributed by atoms with E-state index in [1.54, 1.807) is 0 Å². The third-order valence-corrected chi connectivity index (χ3v) is 1.83. The zero-order chi connectivity index (χ0) is 5.70. The van der Waals surface area contributed by atoms with Gasteiger partial charge in [0.15, 0.2) is 0 Å². The molecule has 0 spiro atoms. The monoisotopic (exact) mass is 163 g/mol. The van der Waals surface area contributed by atoms with Crippen LogP contribution in [-0.4, -0.2) is 5.33 Å². The van der Waals surface area contributed by atoms with Gasteiger partial charge in [0.2, 0.25) is 0 Å². The van der Waals surface area contributed by atoms with E-state index in [2.05, 4.69) is 29.8 Å². The predicted octanol–water partition coefficient (Wildman–Crippen LogP) is 2.63. The zero-order valence-corrected chi connectivity index (χ0v) is 6.37. The topological polar surface area (TPSA) is 0 Å². The van der Waals surface area contributed by atoms with Crippen molar-refractivity contribution >= 4 is 15.9 Å². The summed E-state index contributed by atoms with van der Waals surface area (Å²) in [6.07, 6.45) is 2.49. The van der Waals surface area contributed by atoms with Gasteiger partial charge in [0.25, 0.3) is 0 Å². The highest BCUT2D eigenvalue weighted by atomic mass is 79.9. The van der Waals surface area contributed by atoms with E-state index in [0.717, 1.165) is 5.33 Å². The fraction of sp³-hybridized carbons (Fsp3) is 0.833. The quantitative estimate of drug-likeness (QED) is 0.562. The van der Waals surface area contributed by atoms with Crippen LogP contribution in [0.25, 0.3) is 0 Å². The molecular weight excluding hydrogens is 152 g/mol. The average molecular weight is 164 g/mol. The van der Waals surface area contributed by atoms with Gasteiger partial charge in [-0.15, -0.1) is 0 Å². The van der Waals surface area contributed by atoms with Gasteiger partial charge in [-0.1, -0.05) is 29.3 Å². The number of alkyl halides is 1. The second kappa shape index (κ2) is 4.63. The molecule has 0 aliphatic rings. The number of halogens is 1. The molecule has 0 fully saturated rings. The highest BCUT2D eigenvalue weighted by molar-refractivity contribution is 9.09. The number of hydrogen-bond donors (Lipinski definition) is 0. The third kappa shape index (κ3) is 4.33. The summed E-state index contributed by atoms with van der Waals surface area (Å²) < 4.78 is 0. The summed E-state index contributed by atoms with van der Waals surface area (Å²) >= 11 is 3.35. The molecule has 0 bridgehead atoms. The van der Waals surface area contributed by atoms with E-state index >= 15 is 0 Å². The minimum Gasteiger partial charge on any atom is -0.0925 e. The number of hydrogen-bond acceptors (Lipinski definition) is 0. The Morgan fingerprint density at radius 3 is 2.43 bits per heavy atom. The van der Waals surface area contributed by atoms with E-state index in [4.69, 9.17) is 0 Å². The summed E-state index contributed by atoms with van der Waals surface area (Å²) in [6.45, 7) is 6.08. The fourth-order valence-electron chi connectivity index (χ4n) is 0.485. The lowest BCUT2D eigenvalue weighted by Crippen LogP contribution is -1.93. The van der Waals surface area contributed by atoms with E-state index in [1.807, 2.05) is 0 Å². The summed E-state index contributed by atoms with van der Waals surface area (Å²) in [6, 6.07) is 0. The Balaban J connectivity index is 2.83. The van der Waals surface area contributed by atoms with Crippen molar-refractivity contribution in [3.05, 3.63) is 6.92 Å². The predicted molar refractivity (Wildman–Crippen MR) is 37.5 cm³/mol.